The Morgan fingerprint density at radius 2 is 2.03 bits per heavy atom. The lowest BCUT2D eigenvalue weighted by Gasteiger charge is -2.37. The van der Waals surface area contributed by atoms with E-state index < -0.39 is 22.6 Å². The number of aliphatic hydroxyl groups is 1. The van der Waals surface area contributed by atoms with Crippen molar-refractivity contribution in [2.45, 2.75) is 80.7 Å². The summed E-state index contributed by atoms with van der Waals surface area (Å²) in [4.78, 5) is 44.6. The standard InChI is InChI=1S/C27H42N2O5S/c1-4-7-9-16-28(15-6-3)25(32)23-27-14-13-20(35-27)21(26(33)34-19-12-8-5-2)22(27)24(31)29(23)17-10-11-18-30/h5-6,20-23,30H,2-4,7-19H2,1H3/t20-,21+,22-,23?,27?/m0/s1. The number of carbonyl (C=O) groups is 3. The van der Waals surface area contributed by atoms with Gasteiger partial charge in [-0.2, -0.15) is 0 Å². The van der Waals surface area contributed by atoms with Crippen LogP contribution in [0.15, 0.2) is 25.3 Å². The fourth-order valence-corrected chi connectivity index (χ4v) is 8.21. The molecule has 3 heterocycles. The smallest absolute Gasteiger partial charge is 0.310 e. The Labute approximate surface area is 214 Å². The summed E-state index contributed by atoms with van der Waals surface area (Å²) < 4.78 is 5.01. The van der Waals surface area contributed by atoms with Gasteiger partial charge in [0.15, 0.2) is 0 Å². The summed E-state index contributed by atoms with van der Waals surface area (Å²) in [7, 11) is 0. The van der Waals surface area contributed by atoms with Crippen LogP contribution in [-0.4, -0.2) is 81.6 Å². The highest BCUT2D eigenvalue weighted by atomic mass is 32.2. The van der Waals surface area contributed by atoms with Gasteiger partial charge in [-0.25, -0.2) is 0 Å². The van der Waals surface area contributed by atoms with E-state index in [2.05, 4.69) is 20.1 Å². The third-order valence-electron chi connectivity index (χ3n) is 7.60. The Bertz CT molecular complexity index is 790. The molecule has 35 heavy (non-hydrogen) atoms. The van der Waals surface area contributed by atoms with Gasteiger partial charge in [0, 0.05) is 31.5 Å². The summed E-state index contributed by atoms with van der Waals surface area (Å²) in [6.07, 6.45) is 10.8. The topological polar surface area (TPSA) is 87.2 Å². The predicted octanol–water partition coefficient (Wildman–Crippen LogP) is 3.56. The summed E-state index contributed by atoms with van der Waals surface area (Å²) in [6.45, 7) is 11.5. The van der Waals surface area contributed by atoms with Crippen molar-refractivity contribution in [3.05, 3.63) is 25.3 Å². The minimum Gasteiger partial charge on any atom is -0.465 e. The Hall–Kier alpha value is -1.80. The molecule has 8 heteroatoms. The van der Waals surface area contributed by atoms with Crippen LogP contribution in [0.3, 0.4) is 0 Å². The minimum absolute atomic E-state index is 0.0127. The van der Waals surface area contributed by atoms with Crippen LogP contribution >= 0.6 is 11.8 Å². The van der Waals surface area contributed by atoms with Crippen LogP contribution in [0.2, 0.25) is 0 Å². The predicted molar refractivity (Wildman–Crippen MR) is 139 cm³/mol. The van der Waals surface area contributed by atoms with Crippen molar-refractivity contribution < 1.29 is 24.2 Å². The summed E-state index contributed by atoms with van der Waals surface area (Å²) in [6, 6.07) is -0.589. The van der Waals surface area contributed by atoms with E-state index in [-0.39, 0.29) is 29.6 Å². The quantitative estimate of drug-likeness (QED) is 0.196. The average Bonchev–Trinajstić information content (AvgIpc) is 3.49. The van der Waals surface area contributed by atoms with Crippen LogP contribution in [0, 0.1) is 11.8 Å². The lowest BCUT2D eigenvalue weighted by Crippen LogP contribution is -2.55. The fourth-order valence-electron chi connectivity index (χ4n) is 6.00. The minimum atomic E-state index is -0.590. The molecule has 0 aromatic rings. The molecule has 3 aliphatic heterocycles. The summed E-state index contributed by atoms with van der Waals surface area (Å²) in [5, 5.41) is 9.31. The van der Waals surface area contributed by atoms with Gasteiger partial charge in [0.05, 0.1) is 23.2 Å². The number of fused-ring (bicyclic) bond motifs is 1. The van der Waals surface area contributed by atoms with Gasteiger partial charge in [-0.05, 0) is 44.9 Å². The van der Waals surface area contributed by atoms with Crippen molar-refractivity contribution in [2.75, 3.05) is 32.8 Å². The van der Waals surface area contributed by atoms with Crippen LogP contribution in [0.4, 0.5) is 0 Å². The van der Waals surface area contributed by atoms with Crippen molar-refractivity contribution >= 4 is 29.5 Å². The number of allylic oxidation sites excluding steroid dienone is 1. The first-order valence-electron chi connectivity index (χ1n) is 13.2. The van der Waals surface area contributed by atoms with Gasteiger partial charge >= 0.3 is 5.97 Å². The second kappa shape index (κ2) is 12.9. The average molecular weight is 507 g/mol. The normalized spacial score (nSPS) is 28.7. The van der Waals surface area contributed by atoms with E-state index in [0.717, 1.165) is 38.5 Å². The number of hydrogen-bond acceptors (Lipinski definition) is 6. The largest absolute Gasteiger partial charge is 0.465 e. The molecule has 3 fully saturated rings. The molecule has 7 nitrogen and oxygen atoms in total. The molecule has 3 saturated heterocycles. The molecule has 0 saturated carbocycles. The van der Waals surface area contributed by atoms with E-state index in [4.69, 9.17) is 4.74 Å². The first-order valence-corrected chi connectivity index (χ1v) is 14.1. The van der Waals surface area contributed by atoms with Crippen LogP contribution < -0.4 is 0 Å². The maximum Gasteiger partial charge on any atom is 0.310 e. The molecule has 2 bridgehead atoms. The lowest BCUT2D eigenvalue weighted by atomic mass is 9.71. The van der Waals surface area contributed by atoms with Gasteiger partial charge in [0.2, 0.25) is 11.8 Å². The number of amides is 2. The molecule has 196 valence electrons. The zero-order valence-corrected chi connectivity index (χ0v) is 22.0. The highest BCUT2D eigenvalue weighted by Gasteiger charge is 2.74. The van der Waals surface area contributed by atoms with E-state index in [9.17, 15) is 19.5 Å². The van der Waals surface area contributed by atoms with Gasteiger partial charge in [-0.15, -0.1) is 24.9 Å². The van der Waals surface area contributed by atoms with Crippen molar-refractivity contribution in [3.8, 4) is 0 Å². The number of rotatable bonds is 16. The SMILES string of the molecule is C=CCCCOC(=O)[C@@H]1[C@@H]2CCC3(S2)C(C(=O)N(CC=C)CCCCC)N(CCCCO)C(=O)[C@H]13. The second-order valence-electron chi connectivity index (χ2n) is 9.90. The first kappa shape index (κ1) is 27.8. The molecule has 3 rings (SSSR count). The Kier molecular flexibility index (Phi) is 10.3. The number of aliphatic hydroxyl groups excluding tert-OH is 1. The number of ether oxygens (including phenoxy) is 1. The van der Waals surface area contributed by atoms with E-state index in [0.29, 0.717) is 45.5 Å². The number of likely N-dealkylation sites (tertiary alicyclic amines) is 1. The van der Waals surface area contributed by atoms with Gasteiger partial charge in [-0.1, -0.05) is 31.9 Å². The van der Waals surface area contributed by atoms with Gasteiger partial charge < -0.3 is 19.6 Å². The fraction of sp³-hybridized carbons (Fsp3) is 0.741. The lowest BCUT2D eigenvalue weighted by molar-refractivity contribution is -0.154. The molecule has 0 radical (unpaired) electrons. The van der Waals surface area contributed by atoms with Crippen molar-refractivity contribution in [2.24, 2.45) is 11.8 Å². The Morgan fingerprint density at radius 3 is 2.71 bits per heavy atom. The zero-order valence-electron chi connectivity index (χ0n) is 21.2. The molecule has 5 atom stereocenters. The van der Waals surface area contributed by atoms with Crippen molar-refractivity contribution in [1.82, 2.24) is 9.80 Å². The highest BCUT2D eigenvalue weighted by Crippen LogP contribution is 2.66. The van der Waals surface area contributed by atoms with Gasteiger partial charge in [0.1, 0.15) is 6.04 Å². The van der Waals surface area contributed by atoms with Gasteiger partial charge in [0.25, 0.3) is 0 Å². The van der Waals surface area contributed by atoms with E-state index in [1.54, 1.807) is 28.8 Å². The molecule has 3 aliphatic rings. The number of carbonyl (C=O) groups excluding carboxylic acids is 3. The highest BCUT2D eigenvalue weighted by molar-refractivity contribution is 8.02. The summed E-state index contributed by atoms with van der Waals surface area (Å²) >= 11 is 1.67. The molecule has 0 aliphatic carbocycles. The van der Waals surface area contributed by atoms with E-state index in [1.165, 1.54) is 0 Å². The third-order valence-corrected chi connectivity index (χ3v) is 9.55. The van der Waals surface area contributed by atoms with Crippen molar-refractivity contribution in [3.63, 3.8) is 0 Å². The van der Waals surface area contributed by atoms with Crippen LogP contribution in [0.25, 0.3) is 0 Å². The first-order chi connectivity index (χ1) is 17.0. The Balaban J connectivity index is 1.88. The molecule has 1 N–H and O–H groups in total. The molecule has 2 amide bonds. The molecule has 0 aromatic carbocycles. The van der Waals surface area contributed by atoms with E-state index >= 15 is 0 Å². The maximum absolute atomic E-state index is 14.1. The molecular weight excluding hydrogens is 464 g/mol. The summed E-state index contributed by atoms with van der Waals surface area (Å²) in [5.41, 5.74) is 0. The molecule has 2 unspecified atom stereocenters. The number of esters is 1. The number of nitrogens with zero attached hydrogens (tertiary/aromatic N) is 2. The van der Waals surface area contributed by atoms with Crippen LogP contribution in [0.1, 0.15) is 64.7 Å². The molecule has 0 aromatic heterocycles. The summed E-state index contributed by atoms with van der Waals surface area (Å²) in [5.74, 6) is -1.47. The zero-order chi connectivity index (χ0) is 25.4. The van der Waals surface area contributed by atoms with Crippen molar-refractivity contribution in [1.29, 1.82) is 0 Å². The molecule has 1 spiro atoms. The van der Waals surface area contributed by atoms with Crippen LogP contribution in [0.5, 0.6) is 0 Å². The van der Waals surface area contributed by atoms with Crippen LogP contribution in [-0.2, 0) is 19.1 Å². The molecular formula is C27H42N2O5S. The maximum atomic E-state index is 14.1. The monoisotopic (exact) mass is 506 g/mol. The van der Waals surface area contributed by atoms with E-state index in [1.807, 2.05) is 4.90 Å². The second-order valence-corrected chi connectivity index (χ2v) is 11.5. The van der Waals surface area contributed by atoms with Gasteiger partial charge in [-0.3, -0.25) is 14.4 Å². The third kappa shape index (κ3) is 5.63. The Morgan fingerprint density at radius 1 is 1.23 bits per heavy atom. The number of hydrogen-bond donors (Lipinski definition) is 1. The number of thioether (sulfide) groups is 1. The number of unbranched alkanes of at least 4 members (excludes halogenated alkanes) is 4.